The first-order valence-electron chi connectivity index (χ1n) is 10.5. The third kappa shape index (κ3) is 6.72. The Hall–Kier alpha value is -3.07. The maximum absolute atomic E-state index is 12.5. The summed E-state index contributed by atoms with van der Waals surface area (Å²) in [6.07, 6.45) is 2.19. The molecule has 1 heterocycles. The number of amides is 2. The quantitative estimate of drug-likeness (QED) is 0.293. The van der Waals surface area contributed by atoms with E-state index in [0.717, 1.165) is 12.8 Å². The van der Waals surface area contributed by atoms with E-state index in [0.29, 0.717) is 44.9 Å². The zero-order valence-electron chi connectivity index (χ0n) is 18.5. The van der Waals surface area contributed by atoms with Crippen molar-refractivity contribution < 1.29 is 18.7 Å². The standard InChI is InChI=1S/C24H23Cl2N3O4S/c1-3-4-5-22(30)28-18-9-7-15(13-21(18)32-2)27-24(34)29-23(31)20-11-10-19(33-20)14-6-8-16(25)17(26)12-14/h6-13H,3-5H2,1-2H3,(H,28,30)(H2,27,29,31,34). The molecule has 0 radical (unpaired) electrons. The van der Waals surface area contributed by atoms with Crippen LogP contribution < -0.4 is 20.7 Å². The minimum Gasteiger partial charge on any atom is -0.494 e. The molecule has 0 unspecified atom stereocenters. The Morgan fingerprint density at radius 2 is 1.82 bits per heavy atom. The molecule has 2 aromatic carbocycles. The van der Waals surface area contributed by atoms with Crippen LogP contribution in [-0.2, 0) is 4.79 Å². The van der Waals surface area contributed by atoms with Gasteiger partial charge in [0, 0.05) is 23.7 Å². The maximum Gasteiger partial charge on any atom is 0.293 e. The van der Waals surface area contributed by atoms with E-state index in [2.05, 4.69) is 16.0 Å². The molecular formula is C24H23Cl2N3O4S. The van der Waals surface area contributed by atoms with Crippen molar-refractivity contribution in [2.75, 3.05) is 17.7 Å². The number of hydrogen-bond acceptors (Lipinski definition) is 5. The van der Waals surface area contributed by atoms with Crippen LogP contribution in [0.5, 0.6) is 5.75 Å². The molecule has 34 heavy (non-hydrogen) atoms. The van der Waals surface area contributed by atoms with E-state index in [1.54, 1.807) is 42.5 Å². The SMILES string of the molecule is CCCCC(=O)Nc1ccc(NC(=S)NC(=O)c2ccc(-c3ccc(Cl)c(Cl)c3)o2)cc1OC. The van der Waals surface area contributed by atoms with Crippen LogP contribution in [0.1, 0.15) is 36.7 Å². The molecule has 0 atom stereocenters. The van der Waals surface area contributed by atoms with Gasteiger partial charge in [-0.3, -0.25) is 14.9 Å². The molecule has 3 rings (SSSR count). The summed E-state index contributed by atoms with van der Waals surface area (Å²) in [5.41, 5.74) is 1.81. The smallest absolute Gasteiger partial charge is 0.293 e. The number of ether oxygens (including phenoxy) is 1. The van der Waals surface area contributed by atoms with Gasteiger partial charge in [-0.15, -0.1) is 0 Å². The van der Waals surface area contributed by atoms with Gasteiger partial charge in [0.2, 0.25) is 5.91 Å². The fourth-order valence-electron chi connectivity index (χ4n) is 3.01. The molecule has 0 fully saturated rings. The second kappa shape index (κ2) is 11.9. The molecule has 10 heteroatoms. The number of unbranched alkanes of at least 4 members (excludes halogenated alkanes) is 1. The number of carbonyl (C=O) groups excluding carboxylic acids is 2. The van der Waals surface area contributed by atoms with E-state index in [4.69, 9.17) is 44.6 Å². The first kappa shape index (κ1) is 25.6. The molecule has 3 aromatic rings. The van der Waals surface area contributed by atoms with Crippen LogP contribution >= 0.6 is 35.4 Å². The molecule has 3 N–H and O–H groups in total. The van der Waals surface area contributed by atoms with Crippen molar-refractivity contribution in [3.8, 4) is 17.1 Å². The van der Waals surface area contributed by atoms with Crippen LogP contribution in [0, 0.1) is 0 Å². The topological polar surface area (TPSA) is 92.6 Å². The molecule has 1 aromatic heterocycles. The van der Waals surface area contributed by atoms with Crippen molar-refractivity contribution >= 4 is 63.7 Å². The normalized spacial score (nSPS) is 10.5. The van der Waals surface area contributed by atoms with Crippen LogP contribution in [0.15, 0.2) is 52.9 Å². The lowest BCUT2D eigenvalue weighted by Gasteiger charge is -2.13. The second-order valence-electron chi connectivity index (χ2n) is 7.27. The van der Waals surface area contributed by atoms with Crippen molar-refractivity contribution in [3.05, 3.63) is 64.3 Å². The summed E-state index contributed by atoms with van der Waals surface area (Å²) >= 11 is 17.2. The van der Waals surface area contributed by atoms with Gasteiger partial charge in [-0.2, -0.15) is 0 Å². The highest BCUT2D eigenvalue weighted by molar-refractivity contribution is 7.80. The van der Waals surface area contributed by atoms with Gasteiger partial charge in [-0.05, 0) is 61.1 Å². The lowest BCUT2D eigenvalue weighted by atomic mass is 10.2. The maximum atomic E-state index is 12.5. The predicted octanol–water partition coefficient (Wildman–Crippen LogP) is 6.52. The second-order valence-corrected chi connectivity index (χ2v) is 8.49. The van der Waals surface area contributed by atoms with Gasteiger partial charge >= 0.3 is 0 Å². The van der Waals surface area contributed by atoms with Crippen LogP contribution in [-0.4, -0.2) is 24.0 Å². The van der Waals surface area contributed by atoms with E-state index in [1.165, 1.54) is 13.2 Å². The summed E-state index contributed by atoms with van der Waals surface area (Å²) in [4.78, 5) is 24.6. The first-order chi connectivity index (χ1) is 16.3. The van der Waals surface area contributed by atoms with Crippen LogP contribution in [0.25, 0.3) is 11.3 Å². The highest BCUT2D eigenvalue weighted by Gasteiger charge is 2.15. The van der Waals surface area contributed by atoms with Gasteiger partial charge in [-0.25, -0.2) is 0 Å². The van der Waals surface area contributed by atoms with E-state index < -0.39 is 5.91 Å². The molecule has 0 aliphatic carbocycles. The predicted molar refractivity (Wildman–Crippen MR) is 139 cm³/mol. The van der Waals surface area contributed by atoms with Gasteiger partial charge in [0.1, 0.15) is 11.5 Å². The Labute approximate surface area is 212 Å². The van der Waals surface area contributed by atoms with Crippen LogP contribution in [0.3, 0.4) is 0 Å². The number of furan rings is 1. The summed E-state index contributed by atoms with van der Waals surface area (Å²) < 4.78 is 11.0. The number of methoxy groups -OCH3 is 1. The Morgan fingerprint density at radius 3 is 2.53 bits per heavy atom. The van der Waals surface area contributed by atoms with Crippen molar-refractivity contribution in [1.29, 1.82) is 0 Å². The number of rotatable bonds is 8. The highest BCUT2D eigenvalue weighted by atomic mass is 35.5. The number of benzene rings is 2. The van der Waals surface area contributed by atoms with E-state index in [1.807, 2.05) is 6.92 Å². The van der Waals surface area contributed by atoms with Gasteiger partial charge < -0.3 is 19.8 Å². The Bertz CT molecular complexity index is 1210. The number of anilines is 2. The zero-order chi connectivity index (χ0) is 24.7. The lowest BCUT2D eigenvalue weighted by molar-refractivity contribution is -0.116. The van der Waals surface area contributed by atoms with Crippen LogP contribution in [0.4, 0.5) is 11.4 Å². The summed E-state index contributed by atoms with van der Waals surface area (Å²) in [5.74, 6) is 0.399. The molecule has 178 valence electrons. The average Bonchev–Trinajstić information content (AvgIpc) is 3.31. The minimum atomic E-state index is -0.518. The fraction of sp³-hybridized carbons (Fsp3) is 0.208. The van der Waals surface area contributed by atoms with E-state index in [-0.39, 0.29) is 16.8 Å². The molecule has 0 spiro atoms. The van der Waals surface area contributed by atoms with E-state index >= 15 is 0 Å². The van der Waals surface area contributed by atoms with Crippen molar-refractivity contribution in [1.82, 2.24) is 5.32 Å². The fourth-order valence-corrected chi connectivity index (χ4v) is 3.52. The number of thiocarbonyl (C=S) groups is 1. The molecule has 0 saturated heterocycles. The van der Waals surface area contributed by atoms with Crippen molar-refractivity contribution in [2.24, 2.45) is 0 Å². The summed E-state index contributed by atoms with van der Waals surface area (Å²) in [7, 11) is 1.50. The van der Waals surface area contributed by atoms with Gasteiger partial charge in [0.15, 0.2) is 10.9 Å². The third-order valence-electron chi connectivity index (χ3n) is 4.75. The zero-order valence-corrected chi connectivity index (χ0v) is 20.9. The van der Waals surface area contributed by atoms with Gasteiger partial charge in [-0.1, -0.05) is 36.5 Å². The van der Waals surface area contributed by atoms with Crippen LogP contribution in [0.2, 0.25) is 10.0 Å². The molecule has 0 bridgehead atoms. The van der Waals surface area contributed by atoms with Crippen molar-refractivity contribution in [3.63, 3.8) is 0 Å². The number of nitrogens with one attached hydrogen (secondary N) is 3. The number of hydrogen-bond donors (Lipinski definition) is 3. The summed E-state index contributed by atoms with van der Waals surface area (Å²) in [6.45, 7) is 2.02. The Morgan fingerprint density at radius 1 is 1.03 bits per heavy atom. The molecular weight excluding hydrogens is 497 g/mol. The molecule has 0 aliphatic heterocycles. The molecule has 0 saturated carbocycles. The summed E-state index contributed by atoms with van der Waals surface area (Å²) in [5, 5.41) is 9.19. The minimum absolute atomic E-state index is 0.0688. The largest absolute Gasteiger partial charge is 0.494 e. The van der Waals surface area contributed by atoms with Crippen molar-refractivity contribution in [2.45, 2.75) is 26.2 Å². The lowest BCUT2D eigenvalue weighted by Crippen LogP contribution is -2.33. The Kier molecular flexibility index (Phi) is 8.92. The molecule has 2 amide bonds. The third-order valence-corrected chi connectivity index (χ3v) is 5.69. The Balaban J connectivity index is 1.62. The summed E-state index contributed by atoms with van der Waals surface area (Å²) in [6, 6.07) is 13.3. The monoisotopic (exact) mass is 519 g/mol. The number of halogens is 2. The molecule has 7 nitrogen and oxygen atoms in total. The van der Waals surface area contributed by atoms with E-state index in [9.17, 15) is 9.59 Å². The first-order valence-corrected chi connectivity index (χ1v) is 11.6. The number of carbonyl (C=O) groups is 2. The van der Waals surface area contributed by atoms with Gasteiger partial charge in [0.25, 0.3) is 5.91 Å². The van der Waals surface area contributed by atoms with Gasteiger partial charge in [0.05, 0.1) is 22.8 Å². The molecule has 0 aliphatic rings. The average molecular weight is 520 g/mol. The highest BCUT2D eigenvalue weighted by Crippen LogP contribution is 2.30.